The molecule has 15 heavy (non-hydrogen) atoms. The lowest BCUT2D eigenvalue weighted by molar-refractivity contribution is 0.967. The first-order valence-corrected chi connectivity index (χ1v) is 4.43. The van der Waals surface area contributed by atoms with Crippen LogP contribution in [0.2, 0.25) is 0 Å². The lowest BCUT2D eigenvalue weighted by atomic mass is 10.1. The predicted molar refractivity (Wildman–Crippen MR) is 54.8 cm³/mol. The molecule has 2 heterocycles. The molecule has 0 aliphatic carbocycles. The van der Waals surface area contributed by atoms with Crippen molar-refractivity contribution in [3.63, 3.8) is 0 Å². The molecular weight excluding hydrogens is 190 g/mol. The molecule has 0 atom stereocenters. The molecule has 0 spiro atoms. The number of nitrogens with zero attached hydrogens (tertiary/aromatic N) is 3. The third-order valence-corrected chi connectivity index (χ3v) is 2.07. The molecule has 0 bridgehead atoms. The second-order valence-corrected chi connectivity index (χ2v) is 3.06. The molecule has 5 nitrogen and oxygen atoms in total. The molecule has 74 valence electrons. The first-order valence-electron chi connectivity index (χ1n) is 4.43. The first-order chi connectivity index (χ1) is 7.31. The Morgan fingerprint density at radius 1 is 1.40 bits per heavy atom. The topological polar surface area (TPSA) is 91.4 Å². The fourth-order valence-corrected chi connectivity index (χ4v) is 1.35. The molecular formula is C10H9N5. The minimum absolute atomic E-state index is 0.392. The summed E-state index contributed by atoms with van der Waals surface area (Å²) in [6, 6.07) is 3.80. The number of hydrogen-bond donors (Lipinski definition) is 2. The molecule has 0 amide bonds. The zero-order valence-electron chi connectivity index (χ0n) is 7.94. The second kappa shape index (κ2) is 3.80. The molecule has 0 fully saturated rings. The maximum atomic E-state index is 8.88. The van der Waals surface area contributed by atoms with E-state index in [1.807, 2.05) is 0 Å². The Morgan fingerprint density at radius 2 is 2.13 bits per heavy atom. The molecule has 5 heteroatoms. The maximum absolute atomic E-state index is 8.88. The summed E-state index contributed by atoms with van der Waals surface area (Å²) in [6.07, 6.45) is 5.57. The number of H-pyrrole nitrogens is 1. The van der Waals surface area contributed by atoms with Gasteiger partial charge in [-0.3, -0.25) is 0 Å². The lowest BCUT2D eigenvalue weighted by Crippen LogP contribution is -1.96. The van der Waals surface area contributed by atoms with E-state index in [2.05, 4.69) is 21.0 Å². The van der Waals surface area contributed by atoms with Gasteiger partial charge in [-0.2, -0.15) is 5.26 Å². The Kier molecular flexibility index (Phi) is 2.33. The van der Waals surface area contributed by atoms with E-state index in [1.165, 1.54) is 0 Å². The Labute approximate surface area is 86.6 Å². The number of aromatic nitrogens is 3. The predicted octanol–water partition coefficient (Wildman–Crippen LogP) is 0.849. The van der Waals surface area contributed by atoms with Crippen molar-refractivity contribution >= 4 is 5.82 Å². The number of nitrogens with one attached hydrogen (secondary N) is 1. The van der Waals surface area contributed by atoms with Crippen molar-refractivity contribution in [2.75, 3.05) is 5.73 Å². The highest BCUT2D eigenvalue weighted by Crippen LogP contribution is 2.16. The number of rotatable bonds is 2. The van der Waals surface area contributed by atoms with Crippen LogP contribution in [0.5, 0.6) is 0 Å². The molecule has 0 aliphatic heterocycles. The number of hydrogen-bond acceptors (Lipinski definition) is 4. The van der Waals surface area contributed by atoms with E-state index in [4.69, 9.17) is 11.0 Å². The summed E-state index contributed by atoms with van der Waals surface area (Å²) in [5.41, 5.74) is 6.88. The lowest BCUT2D eigenvalue weighted by Gasteiger charge is -1.96. The van der Waals surface area contributed by atoms with E-state index >= 15 is 0 Å². The van der Waals surface area contributed by atoms with Crippen molar-refractivity contribution in [2.24, 2.45) is 0 Å². The normalized spacial score (nSPS) is 9.80. The van der Waals surface area contributed by atoms with Gasteiger partial charge < -0.3 is 10.7 Å². The van der Waals surface area contributed by atoms with Gasteiger partial charge in [0.15, 0.2) is 0 Å². The average Bonchev–Trinajstić information content (AvgIpc) is 2.61. The average molecular weight is 199 g/mol. The van der Waals surface area contributed by atoms with E-state index in [9.17, 15) is 0 Å². The van der Waals surface area contributed by atoms with Crippen LogP contribution in [0.4, 0.5) is 5.82 Å². The third-order valence-electron chi connectivity index (χ3n) is 2.07. The smallest absolute Gasteiger partial charge is 0.132 e. The summed E-state index contributed by atoms with van der Waals surface area (Å²) < 4.78 is 0. The van der Waals surface area contributed by atoms with Crippen molar-refractivity contribution in [3.8, 4) is 6.07 Å². The van der Waals surface area contributed by atoms with Crippen LogP contribution >= 0.6 is 0 Å². The van der Waals surface area contributed by atoms with Gasteiger partial charge in [-0.05, 0) is 11.6 Å². The maximum Gasteiger partial charge on any atom is 0.132 e. The summed E-state index contributed by atoms with van der Waals surface area (Å²) in [5, 5.41) is 8.88. The summed E-state index contributed by atoms with van der Waals surface area (Å²) in [6.45, 7) is 0. The van der Waals surface area contributed by atoms with Gasteiger partial charge in [0.2, 0.25) is 0 Å². The highest BCUT2D eigenvalue weighted by Gasteiger charge is 2.09. The SMILES string of the molecule is N#Cc1c(Cc2ncccn2)c[nH]c1N. The number of anilines is 1. The van der Waals surface area contributed by atoms with E-state index < -0.39 is 0 Å². The second-order valence-electron chi connectivity index (χ2n) is 3.06. The molecule has 0 aliphatic rings. The molecule has 0 radical (unpaired) electrons. The van der Waals surface area contributed by atoms with E-state index in [1.54, 1.807) is 24.7 Å². The fourth-order valence-electron chi connectivity index (χ4n) is 1.35. The summed E-state index contributed by atoms with van der Waals surface area (Å²) in [5.74, 6) is 1.07. The summed E-state index contributed by atoms with van der Waals surface area (Å²) >= 11 is 0. The van der Waals surface area contributed by atoms with E-state index in [0.29, 0.717) is 23.6 Å². The number of nitriles is 1. The Hall–Kier alpha value is -2.35. The van der Waals surface area contributed by atoms with Gasteiger partial charge in [-0.1, -0.05) is 0 Å². The largest absolute Gasteiger partial charge is 0.384 e. The highest BCUT2D eigenvalue weighted by molar-refractivity contribution is 5.54. The minimum Gasteiger partial charge on any atom is -0.384 e. The van der Waals surface area contributed by atoms with Crippen molar-refractivity contribution in [3.05, 3.63) is 41.6 Å². The molecule has 2 rings (SSSR count). The summed E-state index contributed by atoms with van der Waals surface area (Å²) in [7, 11) is 0. The molecule has 0 saturated heterocycles. The fraction of sp³-hybridized carbons (Fsp3) is 0.100. The van der Waals surface area contributed by atoms with Crippen LogP contribution in [-0.2, 0) is 6.42 Å². The van der Waals surface area contributed by atoms with Gasteiger partial charge in [-0.15, -0.1) is 0 Å². The van der Waals surface area contributed by atoms with Crippen LogP contribution in [0.1, 0.15) is 17.0 Å². The van der Waals surface area contributed by atoms with Gasteiger partial charge >= 0.3 is 0 Å². The van der Waals surface area contributed by atoms with Crippen molar-refractivity contribution in [1.82, 2.24) is 15.0 Å². The Bertz CT molecular complexity index is 494. The number of nitrogen functional groups attached to an aromatic ring is 1. The Balaban J connectivity index is 2.30. The molecule has 3 N–H and O–H groups in total. The zero-order valence-corrected chi connectivity index (χ0v) is 7.94. The minimum atomic E-state index is 0.392. The monoisotopic (exact) mass is 199 g/mol. The number of nitrogens with two attached hydrogens (primary N) is 1. The van der Waals surface area contributed by atoms with Crippen LogP contribution < -0.4 is 5.73 Å². The van der Waals surface area contributed by atoms with Gasteiger partial charge in [0.1, 0.15) is 17.7 Å². The molecule has 2 aromatic rings. The van der Waals surface area contributed by atoms with Crippen LogP contribution in [0, 0.1) is 11.3 Å². The molecule has 0 aromatic carbocycles. The molecule has 2 aromatic heterocycles. The van der Waals surface area contributed by atoms with Gasteiger partial charge in [-0.25, -0.2) is 9.97 Å². The standard InChI is InChI=1S/C10H9N5/c11-5-8-7(6-15-10(8)12)4-9-13-2-1-3-14-9/h1-3,6,15H,4,12H2. The highest BCUT2D eigenvalue weighted by atomic mass is 14.9. The van der Waals surface area contributed by atoms with Gasteiger partial charge in [0.05, 0.1) is 5.56 Å². The van der Waals surface area contributed by atoms with Crippen molar-refractivity contribution < 1.29 is 0 Å². The van der Waals surface area contributed by atoms with Crippen LogP contribution in [-0.4, -0.2) is 15.0 Å². The third kappa shape index (κ3) is 1.79. The van der Waals surface area contributed by atoms with Crippen molar-refractivity contribution in [1.29, 1.82) is 5.26 Å². The van der Waals surface area contributed by atoms with Gasteiger partial charge in [0.25, 0.3) is 0 Å². The van der Waals surface area contributed by atoms with Crippen LogP contribution in [0.25, 0.3) is 0 Å². The van der Waals surface area contributed by atoms with Crippen molar-refractivity contribution in [2.45, 2.75) is 6.42 Å². The quantitative estimate of drug-likeness (QED) is 0.750. The molecule has 0 saturated carbocycles. The van der Waals surface area contributed by atoms with Crippen LogP contribution in [0.15, 0.2) is 24.7 Å². The van der Waals surface area contributed by atoms with Gasteiger partial charge in [0, 0.05) is 25.0 Å². The van der Waals surface area contributed by atoms with Crippen LogP contribution in [0.3, 0.4) is 0 Å². The number of aromatic amines is 1. The zero-order chi connectivity index (χ0) is 10.7. The van der Waals surface area contributed by atoms with E-state index in [-0.39, 0.29) is 0 Å². The summed E-state index contributed by atoms with van der Waals surface area (Å²) in [4.78, 5) is 11.0. The van der Waals surface area contributed by atoms with E-state index in [0.717, 1.165) is 5.56 Å². The Morgan fingerprint density at radius 3 is 2.80 bits per heavy atom. The molecule has 0 unspecified atom stereocenters. The first kappa shape index (κ1) is 9.21.